The van der Waals surface area contributed by atoms with Crippen molar-refractivity contribution in [2.75, 3.05) is 11.9 Å². The minimum Gasteiger partial charge on any atom is -0.481 e. The molecule has 0 aromatic heterocycles. The monoisotopic (exact) mass is 392 g/mol. The zero-order chi connectivity index (χ0) is 19.2. The number of carboxylic acid groups (broad SMARTS) is 2. The number of carbonyl (C=O) groups excluding carboxylic acids is 2. The van der Waals surface area contributed by atoms with Gasteiger partial charge in [-0.05, 0) is 6.07 Å². The van der Waals surface area contributed by atoms with Gasteiger partial charge in [-0.1, -0.05) is 42.2 Å². The summed E-state index contributed by atoms with van der Waals surface area (Å²) in [6.07, 6.45) is -0.797. The average molecular weight is 392 g/mol. The van der Waals surface area contributed by atoms with E-state index < -0.39 is 36.2 Å². The van der Waals surface area contributed by atoms with E-state index in [0.717, 1.165) is 16.7 Å². The average Bonchev–Trinajstić information content (AvgIpc) is 2.99. The van der Waals surface area contributed by atoms with Crippen molar-refractivity contribution in [3.63, 3.8) is 0 Å². The highest BCUT2D eigenvalue weighted by Crippen LogP contribution is 2.44. The molecule has 1 aromatic rings. The first-order chi connectivity index (χ1) is 12.2. The fourth-order valence-electron chi connectivity index (χ4n) is 2.84. The van der Waals surface area contributed by atoms with E-state index in [9.17, 15) is 24.3 Å². The van der Waals surface area contributed by atoms with Crippen LogP contribution in [0.15, 0.2) is 29.2 Å². The lowest BCUT2D eigenvalue weighted by atomic mass is 10.1. The van der Waals surface area contributed by atoms with Crippen LogP contribution >= 0.6 is 24.0 Å². The molecule has 1 aromatic carbocycles. The number of carboxylic acids is 2. The molecular formula is C16H12N2O6S2. The van der Waals surface area contributed by atoms with Gasteiger partial charge in [0.15, 0.2) is 0 Å². The van der Waals surface area contributed by atoms with Gasteiger partial charge in [-0.2, -0.15) is 0 Å². The van der Waals surface area contributed by atoms with E-state index in [2.05, 4.69) is 0 Å². The Hall–Kier alpha value is -2.72. The molecule has 2 amide bonds. The summed E-state index contributed by atoms with van der Waals surface area (Å²) < 4.78 is -0.0917. The molecule has 1 saturated heterocycles. The lowest BCUT2D eigenvalue weighted by Crippen LogP contribution is -2.45. The Bertz CT molecular complexity index is 910. The second-order valence-corrected chi connectivity index (χ2v) is 7.22. The van der Waals surface area contributed by atoms with E-state index in [1.807, 2.05) is 0 Å². The van der Waals surface area contributed by atoms with E-state index in [0.29, 0.717) is 11.3 Å². The number of rotatable bonds is 4. The van der Waals surface area contributed by atoms with Crippen LogP contribution < -0.4 is 4.90 Å². The Morgan fingerprint density at radius 3 is 2.46 bits per heavy atom. The van der Waals surface area contributed by atoms with Crippen molar-refractivity contribution in [3.8, 4) is 0 Å². The van der Waals surface area contributed by atoms with Crippen LogP contribution in [0.5, 0.6) is 0 Å². The molecular weight excluding hydrogens is 380 g/mol. The van der Waals surface area contributed by atoms with Crippen molar-refractivity contribution >= 4 is 63.3 Å². The maximum absolute atomic E-state index is 12.8. The van der Waals surface area contributed by atoms with Crippen LogP contribution in [0, 0.1) is 0 Å². The van der Waals surface area contributed by atoms with Crippen LogP contribution in [0.4, 0.5) is 5.69 Å². The van der Waals surface area contributed by atoms with Gasteiger partial charge in [0.25, 0.3) is 11.8 Å². The van der Waals surface area contributed by atoms with Crippen molar-refractivity contribution in [3.05, 3.63) is 34.7 Å². The number of benzene rings is 1. The maximum Gasteiger partial charge on any atom is 0.327 e. The van der Waals surface area contributed by atoms with Crippen LogP contribution in [0.2, 0.25) is 0 Å². The van der Waals surface area contributed by atoms with Crippen molar-refractivity contribution in [2.24, 2.45) is 0 Å². The summed E-state index contributed by atoms with van der Waals surface area (Å²) in [5.41, 5.74) is 1.31. The van der Waals surface area contributed by atoms with E-state index in [1.54, 1.807) is 31.3 Å². The number of aliphatic carboxylic acids is 2. The summed E-state index contributed by atoms with van der Waals surface area (Å²) in [5, 5.41) is 18.2. The number of hydrogen-bond acceptors (Lipinski definition) is 6. The SMILES string of the molecule is CN1C(=O)C(=C2SC(=S)N(C(CC(=O)O)C(=O)O)C2=O)c2ccccc21. The van der Waals surface area contributed by atoms with Gasteiger partial charge < -0.3 is 15.1 Å². The van der Waals surface area contributed by atoms with Gasteiger partial charge in [0.1, 0.15) is 10.4 Å². The Balaban J connectivity index is 2.09. The van der Waals surface area contributed by atoms with Gasteiger partial charge >= 0.3 is 11.9 Å². The minimum atomic E-state index is -1.64. The molecule has 8 nitrogen and oxygen atoms in total. The molecule has 2 aliphatic heterocycles. The molecule has 1 atom stereocenters. The van der Waals surface area contributed by atoms with Crippen LogP contribution in [0.25, 0.3) is 5.57 Å². The van der Waals surface area contributed by atoms with Crippen molar-refractivity contribution in [1.29, 1.82) is 0 Å². The number of para-hydroxylation sites is 1. The minimum absolute atomic E-state index is 0.00781. The quantitative estimate of drug-likeness (QED) is 0.579. The van der Waals surface area contributed by atoms with Crippen molar-refractivity contribution in [1.82, 2.24) is 4.90 Å². The molecule has 10 heteroatoms. The summed E-state index contributed by atoms with van der Waals surface area (Å²) in [5.74, 6) is -4.04. The first-order valence-corrected chi connectivity index (χ1v) is 8.58. The van der Waals surface area contributed by atoms with Crippen LogP contribution in [-0.2, 0) is 19.2 Å². The molecule has 0 bridgehead atoms. The standard InChI is InChI=1S/C16H12N2O6S2/c1-17-8-5-3-2-4-7(8)11(13(17)21)12-14(22)18(16(25)26-12)9(15(23)24)6-10(19)20/h2-5,9H,6H2,1H3,(H,19,20)(H,23,24). The summed E-state index contributed by atoms with van der Waals surface area (Å²) in [7, 11) is 1.57. The van der Waals surface area contributed by atoms with E-state index in [4.69, 9.17) is 17.3 Å². The first kappa shape index (κ1) is 18.1. The third-order valence-corrected chi connectivity index (χ3v) is 5.45. The predicted octanol–water partition coefficient (Wildman–Crippen LogP) is 1.16. The van der Waals surface area contributed by atoms with Gasteiger partial charge in [-0.15, -0.1) is 0 Å². The van der Waals surface area contributed by atoms with Gasteiger partial charge in [-0.3, -0.25) is 19.3 Å². The highest BCUT2D eigenvalue weighted by atomic mass is 32.2. The Labute approximate surface area is 157 Å². The molecule has 134 valence electrons. The number of likely N-dealkylation sites (N-methyl/N-ethyl adjacent to an activating group) is 1. The molecule has 26 heavy (non-hydrogen) atoms. The van der Waals surface area contributed by atoms with Gasteiger partial charge in [0, 0.05) is 12.6 Å². The number of fused-ring (bicyclic) bond motifs is 1. The normalized spacial score (nSPS) is 20.6. The molecule has 0 spiro atoms. The fraction of sp³-hybridized carbons (Fsp3) is 0.188. The molecule has 0 aliphatic carbocycles. The molecule has 2 N–H and O–H groups in total. The summed E-state index contributed by atoms with van der Waals surface area (Å²) >= 11 is 5.90. The molecule has 1 fully saturated rings. The number of thioether (sulfide) groups is 1. The second kappa shape index (κ2) is 6.54. The van der Waals surface area contributed by atoms with Crippen LogP contribution in [0.1, 0.15) is 12.0 Å². The second-order valence-electron chi connectivity index (χ2n) is 5.58. The summed E-state index contributed by atoms with van der Waals surface area (Å²) in [6.45, 7) is 0. The van der Waals surface area contributed by atoms with Crippen molar-refractivity contribution < 1.29 is 29.4 Å². The van der Waals surface area contributed by atoms with Gasteiger partial charge in [-0.25, -0.2) is 4.79 Å². The van der Waals surface area contributed by atoms with Gasteiger partial charge in [0.2, 0.25) is 0 Å². The number of thiocarbonyl (C=S) groups is 1. The Kier molecular flexibility index (Phi) is 4.55. The summed E-state index contributed by atoms with van der Waals surface area (Å²) in [6, 6.07) is 5.25. The number of nitrogens with zero attached hydrogens (tertiary/aromatic N) is 2. The smallest absolute Gasteiger partial charge is 0.327 e. The third kappa shape index (κ3) is 2.76. The topological polar surface area (TPSA) is 115 Å². The molecule has 0 saturated carbocycles. The molecule has 1 unspecified atom stereocenters. The first-order valence-electron chi connectivity index (χ1n) is 7.35. The number of hydrogen-bond donors (Lipinski definition) is 2. The number of carbonyl (C=O) groups is 4. The molecule has 0 radical (unpaired) electrons. The summed E-state index contributed by atoms with van der Waals surface area (Å²) in [4.78, 5) is 50.0. The predicted molar refractivity (Wildman–Crippen MR) is 97.5 cm³/mol. The van der Waals surface area contributed by atoms with Crippen LogP contribution in [0.3, 0.4) is 0 Å². The fourth-order valence-corrected chi connectivity index (χ4v) is 4.27. The molecule has 2 heterocycles. The lowest BCUT2D eigenvalue weighted by molar-refractivity contribution is -0.150. The zero-order valence-corrected chi connectivity index (χ0v) is 15.0. The number of amides is 2. The lowest BCUT2D eigenvalue weighted by Gasteiger charge is -2.21. The van der Waals surface area contributed by atoms with Crippen LogP contribution in [-0.4, -0.2) is 56.3 Å². The Morgan fingerprint density at radius 2 is 1.85 bits per heavy atom. The van der Waals surface area contributed by atoms with E-state index >= 15 is 0 Å². The largest absolute Gasteiger partial charge is 0.481 e. The highest BCUT2D eigenvalue weighted by molar-refractivity contribution is 8.26. The number of anilines is 1. The zero-order valence-electron chi connectivity index (χ0n) is 13.3. The third-order valence-electron chi connectivity index (χ3n) is 4.04. The molecule has 3 rings (SSSR count). The van der Waals surface area contributed by atoms with E-state index in [1.165, 1.54) is 4.90 Å². The molecule has 2 aliphatic rings. The highest BCUT2D eigenvalue weighted by Gasteiger charge is 2.45. The van der Waals surface area contributed by atoms with Crippen molar-refractivity contribution in [2.45, 2.75) is 12.5 Å². The van der Waals surface area contributed by atoms with E-state index in [-0.39, 0.29) is 14.8 Å². The maximum atomic E-state index is 12.8. The Morgan fingerprint density at radius 1 is 1.19 bits per heavy atom. The van der Waals surface area contributed by atoms with Gasteiger partial charge in [0.05, 0.1) is 22.6 Å².